The Hall–Kier alpha value is -1.75. The summed E-state index contributed by atoms with van der Waals surface area (Å²) in [6.45, 7) is 3.25. The van der Waals surface area contributed by atoms with Crippen LogP contribution in [-0.2, 0) is 33.3 Å². The van der Waals surface area contributed by atoms with Gasteiger partial charge in [-0.15, -0.1) is 0 Å². The van der Waals surface area contributed by atoms with Gasteiger partial charge in [0.15, 0.2) is 17.8 Å². The van der Waals surface area contributed by atoms with E-state index in [-0.39, 0.29) is 5.92 Å². The van der Waals surface area contributed by atoms with Crippen molar-refractivity contribution in [2.24, 2.45) is 35.5 Å². The third kappa shape index (κ3) is 1.67. The Bertz CT molecular complexity index is 843. The van der Waals surface area contributed by atoms with Gasteiger partial charge in [0.25, 0.3) is 0 Å². The van der Waals surface area contributed by atoms with Crippen molar-refractivity contribution in [3.05, 3.63) is 0 Å². The maximum absolute atomic E-state index is 13.4. The lowest BCUT2D eigenvalue weighted by Gasteiger charge is -2.58. The minimum absolute atomic E-state index is 0.243. The molecule has 2 aliphatic carbocycles. The minimum atomic E-state index is -2.19. The van der Waals surface area contributed by atoms with E-state index in [0.29, 0.717) is 6.42 Å². The van der Waals surface area contributed by atoms with E-state index in [0.717, 1.165) is 0 Å². The van der Waals surface area contributed by atoms with Crippen LogP contribution in [0.3, 0.4) is 0 Å². The zero-order valence-electron chi connectivity index (χ0n) is 15.8. The first kappa shape index (κ1) is 18.1. The fourth-order valence-electron chi connectivity index (χ4n) is 7.29. The Morgan fingerprint density at radius 1 is 0.966 bits per heavy atom. The summed E-state index contributed by atoms with van der Waals surface area (Å²) in [7, 11) is 0. The molecule has 2 saturated carbocycles. The molecule has 0 spiro atoms. The molecule has 4 bridgehead atoms. The van der Waals surface area contributed by atoms with Gasteiger partial charge in [-0.2, -0.15) is 0 Å². The van der Waals surface area contributed by atoms with Crippen molar-refractivity contribution < 1.29 is 48.7 Å². The molecular formula is C19H22O10. The molecule has 3 N–H and O–H groups in total. The summed E-state index contributed by atoms with van der Waals surface area (Å²) < 4.78 is 22.3. The molecule has 4 heterocycles. The maximum Gasteiger partial charge on any atom is 0.342 e. The highest BCUT2D eigenvalue weighted by molar-refractivity contribution is 5.89. The van der Waals surface area contributed by atoms with Crippen LogP contribution in [0.15, 0.2) is 0 Å². The molecule has 4 unspecified atom stereocenters. The molecule has 0 amide bonds. The molecular weight excluding hydrogens is 388 g/mol. The van der Waals surface area contributed by atoms with Gasteiger partial charge >= 0.3 is 17.9 Å². The Kier molecular flexibility index (Phi) is 3.18. The second-order valence-electron chi connectivity index (χ2n) is 9.41. The van der Waals surface area contributed by atoms with E-state index in [1.807, 2.05) is 6.92 Å². The van der Waals surface area contributed by atoms with Crippen molar-refractivity contribution in [1.82, 2.24) is 0 Å². The van der Waals surface area contributed by atoms with Gasteiger partial charge < -0.3 is 34.3 Å². The fraction of sp³-hybridized carbons (Fsp3) is 0.842. The average Bonchev–Trinajstić information content (AvgIpc) is 3.08. The van der Waals surface area contributed by atoms with Gasteiger partial charge in [-0.3, -0.25) is 4.79 Å². The summed E-state index contributed by atoms with van der Waals surface area (Å²) in [5, 5.41) is 33.6. The molecule has 29 heavy (non-hydrogen) atoms. The Morgan fingerprint density at radius 3 is 2.41 bits per heavy atom. The molecule has 6 aliphatic rings. The van der Waals surface area contributed by atoms with Crippen molar-refractivity contribution in [3.8, 4) is 0 Å². The molecule has 6 fully saturated rings. The summed E-state index contributed by atoms with van der Waals surface area (Å²) in [6, 6.07) is 0. The lowest BCUT2D eigenvalue weighted by molar-refractivity contribution is -0.315. The van der Waals surface area contributed by atoms with Gasteiger partial charge in [0.2, 0.25) is 11.9 Å². The SMILES string of the molecule is CC1C[C@H]2OC(=O)[C@@]34O[C@@H]5OC(=O)[C@H](O)C1C5C3[C@H]2[C@H](O)[C@@H]1OC(=O)[C@@H](C)[C@@]14O. The molecule has 4 aliphatic heterocycles. The highest BCUT2D eigenvalue weighted by Crippen LogP contribution is 2.68. The quantitative estimate of drug-likeness (QED) is 0.305. The van der Waals surface area contributed by atoms with Crippen molar-refractivity contribution in [2.45, 2.75) is 62.2 Å². The smallest absolute Gasteiger partial charge is 0.342 e. The van der Waals surface area contributed by atoms with Crippen LogP contribution in [0.2, 0.25) is 0 Å². The average molecular weight is 410 g/mol. The van der Waals surface area contributed by atoms with E-state index in [1.54, 1.807) is 0 Å². The largest absolute Gasteiger partial charge is 0.460 e. The van der Waals surface area contributed by atoms with Crippen LogP contribution in [0.4, 0.5) is 0 Å². The van der Waals surface area contributed by atoms with E-state index in [1.165, 1.54) is 6.92 Å². The number of ether oxygens (including phenoxy) is 4. The maximum atomic E-state index is 13.4. The molecule has 4 saturated heterocycles. The molecule has 10 heteroatoms. The van der Waals surface area contributed by atoms with E-state index < -0.39 is 89.4 Å². The van der Waals surface area contributed by atoms with Crippen LogP contribution < -0.4 is 0 Å². The van der Waals surface area contributed by atoms with E-state index in [2.05, 4.69) is 0 Å². The van der Waals surface area contributed by atoms with Gasteiger partial charge in [-0.05, 0) is 19.3 Å². The molecule has 10 nitrogen and oxygen atoms in total. The third-order valence-corrected chi connectivity index (χ3v) is 8.44. The Morgan fingerprint density at radius 2 is 1.69 bits per heavy atom. The lowest BCUT2D eigenvalue weighted by Crippen LogP contribution is -2.80. The number of carbonyl (C=O) groups excluding carboxylic acids is 3. The van der Waals surface area contributed by atoms with Gasteiger partial charge in [0.05, 0.1) is 5.92 Å². The fourth-order valence-corrected chi connectivity index (χ4v) is 7.29. The summed E-state index contributed by atoms with van der Waals surface area (Å²) in [6.07, 6.45) is -5.69. The van der Waals surface area contributed by atoms with Crippen molar-refractivity contribution in [3.63, 3.8) is 0 Å². The molecule has 6 rings (SSSR count). The molecule has 0 aromatic rings. The van der Waals surface area contributed by atoms with Crippen LogP contribution >= 0.6 is 0 Å². The van der Waals surface area contributed by atoms with Gasteiger partial charge in [-0.25, -0.2) is 9.59 Å². The first-order chi connectivity index (χ1) is 13.6. The number of hydrogen-bond acceptors (Lipinski definition) is 10. The number of fused-ring (bicyclic) bond motifs is 1. The topological polar surface area (TPSA) is 149 Å². The zero-order valence-corrected chi connectivity index (χ0v) is 15.8. The van der Waals surface area contributed by atoms with Crippen LogP contribution in [0.5, 0.6) is 0 Å². The normalized spacial score (nSPS) is 62.0. The van der Waals surface area contributed by atoms with E-state index in [9.17, 15) is 29.7 Å². The number of aliphatic hydroxyl groups is 3. The first-order valence-electron chi connectivity index (χ1n) is 10.0. The van der Waals surface area contributed by atoms with Gasteiger partial charge in [0, 0.05) is 23.7 Å². The predicted octanol–water partition coefficient (Wildman–Crippen LogP) is -1.90. The number of aliphatic hydroxyl groups excluding tert-OH is 2. The minimum Gasteiger partial charge on any atom is -0.460 e. The molecule has 158 valence electrons. The van der Waals surface area contributed by atoms with Gasteiger partial charge in [-0.1, -0.05) is 6.92 Å². The first-order valence-corrected chi connectivity index (χ1v) is 10.0. The molecule has 13 atom stereocenters. The van der Waals surface area contributed by atoms with E-state index in [4.69, 9.17) is 18.9 Å². The highest BCUT2D eigenvalue weighted by Gasteiger charge is 2.87. The van der Waals surface area contributed by atoms with Crippen LogP contribution in [0.25, 0.3) is 0 Å². The van der Waals surface area contributed by atoms with Crippen LogP contribution in [0.1, 0.15) is 20.3 Å². The standard InChI is InChI=1S/C19H22O10/c1-4-3-6-8-10-9-7(4)12(21)15(23)28-16(9)29-19(10,17(24)26-6)18(25)5(2)14(22)27-13(18)11(8)20/h4-13,16,20-21,25H,3H2,1-2H3/t4?,5-,6-,7?,8+,9?,10?,11+,12-,13+,16+,18-,19+/m1/s1. The second kappa shape index (κ2) is 5.11. The molecule has 0 radical (unpaired) electrons. The van der Waals surface area contributed by atoms with Crippen LogP contribution in [0, 0.1) is 35.5 Å². The van der Waals surface area contributed by atoms with Crippen LogP contribution in [-0.4, -0.2) is 75.1 Å². The Balaban J connectivity index is 1.63. The summed E-state index contributed by atoms with van der Waals surface area (Å²) in [4.78, 5) is 38.0. The summed E-state index contributed by atoms with van der Waals surface area (Å²) in [5.74, 6) is -6.59. The number of rotatable bonds is 0. The van der Waals surface area contributed by atoms with E-state index >= 15 is 0 Å². The highest BCUT2D eigenvalue weighted by atomic mass is 16.7. The van der Waals surface area contributed by atoms with Crippen molar-refractivity contribution in [2.75, 3.05) is 0 Å². The number of hydrogen-bond donors (Lipinski definition) is 3. The third-order valence-electron chi connectivity index (χ3n) is 8.44. The Labute approximate surface area is 165 Å². The molecule has 0 aromatic heterocycles. The summed E-state index contributed by atoms with van der Waals surface area (Å²) in [5.41, 5.74) is -4.23. The lowest BCUT2D eigenvalue weighted by atomic mass is 9.51. The van der Waals surface area contributed by atoms with Crippen molar-refractivity contribution in [1.29, 1.82) is 0 Å². The van der Waals surface area contributed by atoms with Crippen molar-refractivity contribution >= 4 is 17.9 Å². The second-order valence-corrected chi connectivity index (χ2v) is 9.41. The number of esters is 3. The monoisotopic (exact) mass is 410 g/mol. The summed E-state index contributed by atoms with van der Waals surface area (Å²) >= 11 is 0. The zero-order chi connectivity index (χ0) is 20.6. The predicted molar refractivity (Wildman–Crippen MR) is 87.3 cm³/mol. The number of carbonyl (C=O) groups is 3. The molecule has 0 aromatic carbocycles. The van der Waals surface area contributed by atoms with Gasteiger partial charge in [0.1, 0.15) is 12.2 Å².